The van der Waals surface area contributed by atoms with Gasteiger partial charge in [0, 0.05) is 10.4 Å². The third kappa shape index (κ3) is 2.37. The number of nitrogens with zero attached hydrogens (tertiary/aromatic N) is 1. The Hall–Kier alpha value is -2.34. The first-order valence-corrected chi connectivity index (χ1v) is 6.53. The minimum Gasteiger partial charge on any atom is -0.402 e. The number of ether oxygens (including phenoxy) is 1. The second kappa shape index (κ2) is 4.97. The van der Waals surface area contributed by atoms with E-state index < -0.39 is 17.6 Å². The van der Waals surface area contributed by atoms with Gasteiger partial charge in [-0.25, -0.2) is 18.6 Å². The highest BCUT2D eigenvalue weighted by Crippen LogP contribution is 2.21. The van der Waals surface area contributed by atoms with Gasteiger partial charge >= 0.3 is 5.97 Å². The number of thiophene rings is 1. The third-order valence-corrected chi connectivity index (χ3v) is 3.43. The van der Waals surface area contributed by atoms with Crippen LogP contribution in [0.2, 0.25) is 0 Å². The summed E-state index contributed by atoms with van der Waals surface area (Å²) in [5.41, 5.74) is 0.346. The maximum absolute atomic E-state index is 13.1. The molecule has 0 fully saturated rings. The lowest BCUT2D eigenvalue weighted by Gasteiger charge is -1.99. The van der Waals surface area contributed by atoms with Gasteiger partial charge in [0.25, 0.3) is 0 Å². The normalized spacial score (nSPS) is 16.4. The Labute approximate surface area is 116 Å². The van der Waals surface area contributed by atoms with Gasteiger partial charge in [0.2, 0.25) is 5.90 Å². The van der Waals surface area contributed by atoms with Crippen molar-refractivity contribution in [1.82, 2.24) is 0 Å². The van der Waals surface area contributed by atoms with E-state index >= 15 is 0 Å². The molecule has 1 aromatic heterocycles. The third-order valence-electron chi connectivity index (χ3n) is 2.61. The number of carbonyl (C=O) groups excluding carboxylic acids is 1. The van der Waals surface area contributed by atoms with Gasteiger partial charge in [0.1, 0.15) is 0 Å². The Morgan fingerprint density at radius 1 is 1.20 bits per heavy atom. The molecule has 1 aromatic carbocycles. The molecule has 0 saturated carbocycles. The number of rotatable bonds is 2. The molecule has 0 amide bonds. The van der Waals surface area contributed by atoms with Crippen LogP contribution in [0, 0.1) is 11.6 Å². The van der Waals surface area contributed by atoms with Crippen molar-refractivity contribution in [2.45, 2.75) is 0 Å². The zero-order valence-corrected chi connectivity index (χ0v) is 10.8. The van der Waals surface area contributed by atoms with Crippen LogP contribution in [0.4, 0.5) is 8.78 Å². The van der Waals surface area contributed by atoms with Crippen LogP contribution in [0.15, 0.2) is 46.4 Å². The molecule has 0 bridgehead atoms. The van der Waals surface area contributed by atoms with Crippen molar-refractivity contribution in [1.29, 1.82) is 0 Å². The molecule has 3 nitrogen and oxygen atoms in total. The number of halogens is 2. The van der Waals surface area contributed by atoms with E-state index in [1.165, 1.54) is 17.4 Å². The standard InChI is InChI=1S/C14H7F2NO2S/c15-10-4-3-8(6-11(10)16)13-17-12(14(18)19-13)7-9-2-1-5-20-9/h1-7H/b12-7+. The summed E-state index contributed by atoms with van der Waals surface area (Å²) in [6.07, 6.45) is 1.58. The summed E-state index contributed by atoms with van der Waals surface area (Å²) in [6, 6.07) is 6.88. The highest BCUT2D eigenvalue weighted by atomic mass is 32.1. The number of cyclic esters (lactones) is 1. The molecule has 6 heteroatoms. The van der Waals surface area contributed by atoms with E-state index in [0.29, 0.717) is 0 Å². The number of aliphatic imine (C=N–C) groups is 1. The molecule has 2 aromatic rings. The molecule has 0 aliphatic carbocycles. The van der Waals surface area contributed by atoms with Gasteiger partial charge in [0.15, 0.2) is 17.3 Å². The summed E-state index contributed by atoms with van der Waals surface area (Å²) >= 11 is 1.45. The van der Waals surface area contributed by atoms with E-state index in [4.69, 9.17) is 4.74 Å². The van der Waals surface area contributed by atoms with Crippen LogP contribution in [0.5, 0.6) is 0 Å². The van der Waals surface area contributed by atoms with Crippen molar-refractivity contribution in [3.05, 3.63) is 63.5 Å². The van der Waals surface area contributed by atoms with Crippen molar-refractivity contribution in [3.63, 3.8) is 0 Å². The second-order valence-electron chi connectivity index (χ2n) is 3.98. The summed E-state index contributed by atoms with van der Waals surface area (Å²) < 4.78 is 31.0. The van der Waals surface area contributed by atoms with Crippen LogP contribution in [-0.4, -0.2) is 11.9 Å². The highest BCUT2D eigenvalue weighted by molar-refractivity contribution is 7.10. The van der Waals surface area contributed by atoms with Crippen molar-refractivity contribution >= 4 is 29.3 Å². The molecular formula is C14H7F2NO2S. The maximum atomic E-state index is 13.1. The van der Waals surface area contributed by atoms with Gasteiger partial charge in [-0.15, -0.1) is 11.3 Å². The summed E-state index contributed by atoms with van der Waals surface area (Å²) in [4.78, 5) is 16.5. The highest BCUT2D eigenvalue weighted by Gasteiger charge is 2.24. The number of carbonyl (C=O) groups is 1. The average molecular weight is 291 g/mol. The molecule has 100 valence electrons. The molecular weight excluding hydrogens is 284 g/mol. The lowest BCUT2D eigenvalue weighted by Crippen LogP contribution is -2.06. The van der Waals surface area contributed by atoms with Gasteiger partial charge < -0.3 is 4.74 Å². The fourth-order valence-corrected chi connectivity index (χ4v) is 2.32. The molecule has 0 N–H and O–H groups in total. The maximum Gasteiger partial charge on any atom is 0.363 e. The van der Waals surface area contributed by atoms with Crippen molar-refractivity contribution in [2.75, 3.05) is 0 Å². The molecule has 0 radical (unpaired) electrons. The van der Waals surface area contributed by atoms with E-state index in [9.17, 15) is 13.6 Å². The van der Waals surface area contributed by atoms with Crippen LogP contribution in [0.1, 0.15) is 10.4 Å². The Kier molecular flexibility index (Phi) is 3.15. The van der Waals surface area contributed by atoms with Crippen molar-refractivity contribution < 1.29 is 18.3 Å². The molecule has 0 spiro atoms. The van der Waals surface area contributed by atoms with Gasteiger partial charge in [0.05, 0.1) is 0 Å². The van der Waals surface area contributed by atoms with E-state index in [1.807, 2.05) is 17.5 Å². The van der Waals surface area contributed by atoms with Crippen molar-refractivity contribution in [3.8, 4) is 0 Å². The predicted molar refractivity (Wildman–Crippen MR) is 71.3 cm³/mol. The van der Waals surface area contributed by atoms with E-state index in [-0.39, 0.29) is 17.2 Å². The fourth-order valence-electron chi connectivity index (χ4n) is 1.67. The van der Waals surface area contributed by atoms with Gasteiger partial charge in [-0.05, 0) is 35.7 Å². The summed E-state index contributed by atoms with van der Waals surface area (Å²) in [5, 5.41) is 1.87. The Morgan fingerprint density at radius 2 is 2.05 bits per heavy atom. The fraction of sp³-hybridized carbons (Fsp3) is 0. The smallest absolute Gasteiger partial charge is 0.363 e. The summed E-state index contributed by atoms with van der Waals surface area (Å²) in [6.45, 7) is 0. The van der Waals surface area contributed by atoms with Crippen LogP contribution < -0.4 is 0 Å². The molecule has 3 rings (SSSR count). The van der Waals surface area contributed by atoms with Crippen LogP contribution >= 0.6 is 11.3 Å². The van der Waals surface area contributed by atoms with Gasteiger partial charge in [-0.3, -0.25) is 0 Å². The van der Waals surface area contributed by atoms with E-state index in [2.05, 4.69) is 4.99 Å². The quantitative estimate of drug-likeness (QED) is 0.628. The monoisotopic (exact) mass is 291 g/mol. The SMILES string of the molecule is O=C1OC(c2ccc(F)c(F)c2)=N/C1=C/c1cccs1. The summed E-state index contributed by atoms with van der Waals surface area (Å²) in [7, 11) is 0. The first kappa shape index (κ1) is 12.7. The average Bonchev–Trinajstić information content (AvgIpc) is 3.04. The number of hydrogen-bond acceptors (Lipinski definition) is 4. The number of benzene rings is 1. The molecule has 1 aliphatic rings. The number of hydrogen-bond donors (Lipinski definition) is 0. The minimum absolute atomic E-state index is 0.0308. The van der Waals surface area contributed by atoms with E-state index in [1.54, 1.807) is 6.08 Å². The molecule has 20 heavy (non-hydrogen) atoms. The minimum atomic E-state index is -1.02. The van der Waals surface area contributed by atoms with Crippen molar-refractivity contribution in [2.24, 2.45) is 4.99 Å². The first-order valence-electron chi connectivity index (χ1n) is 5.65. The lowest BCUT2D eigenvalue weighted by molar-refractivity contribution is -0.129. The summed E-state index contributed by atoms with van der Waals surface area (Å²) in [5.74, 6) is -2.63. The largest absolute Gasteiger partial charge is 0.402 e. The van der Waals surface area contributed by atoms with Gasteiger partial charge in [-0.2, -0.15) is 0 Å². The van der Waals surface area contributed by atoms with Crippen LogP contribution in [0.3, 0.4) is 0 Å². The topological polar surface area (TPSA) is 38.7 Å². The van der Waals surface area contributed by atoms with Crippen LogP contribution in [-0.2, 0) is 9.53 Å². The molecule has 0 atom stereocenters. The van der Waals surface area contributed by atoms with Gasteiger partial charge in [-0.1, -0.05) is 6.07 Å². The predicted octanol–water partition coefficient (Wildman–Crippen LogP) is 3.37. The lowest BCUT2D eigenvalue weighted by atomic mass is 10.2. The molecule has 1 aliphatic heterocycles. The Balaban J connectivity index is 1.96. The Morgan fingerprint density at radius 3 is 2.75 bits per heavy atom. The number of esters is 1. The molecule has 2 heterocycles. The van der Waals surface area contributed by atoms with Crippen LogP contribution in [0.25, 0.3) is 6.08 Å². The zero-order valence-electron chi connectivity index (χ0n) is 9.97. The zero-order chi connectivity index (χ0) is 14.1. The molecule has 0 saturated heterocycles. The Bertz CT molecular complexity index is 736. The second-order valence-corrected chi connectivity index (χ2v) is 4.96. The van der Waals surface area contributed by atoms with E-state index in [0.717, 1.165) is 17.0 Å². The first-order chi connectivity index (χ1) is 9.63. The molecule has 0 unspecified atom stereocenters.